The molecule has 0 atom stereocenters. The standard InChI is InChI=1S/C51H39NO2P2/c53-51-49-38-22-20-36-47(49)46-35-19-21-37-48(46)50(51)52-54-56(43-29-13-4-14-30-43,44-31-15-5-16-32-44,45-33-17-6-18-34-45)39-55(40-23-7-1-8-24-40,41-25-9-2-10-26-41)42-27-11-3-12-28-42/h1-39H. The second-order valence-electron chi connectivity index (χ2n) is 13.9. The first-order chi connectivity index (χ1) is 27.6. The number of Topliss-reactive ketones (excluding diaryl/α,β-unsaturated/α-hetero) is 1. The first-order valence-corrected chi connectivity index (χ1v) is 22.9. The fourth-order valence-corrected chi connectivity index (χ4v) is 20.8. The molecule has 0 heterocycles. The minimum atomic E-state index is -4.46. The molecule has 9 rings (SSSR count). The van der Waals surface area contributed by atoms with Gasteiger partial charge in [-0.25, -0.2) is 0 Å². The SMILES string of the molecule is O=C1C(=NOP(C=P(c2ccccc2)(c2ccccc2)c2ccccc2)(c2ccccc2)(c2ccccc2)c2ccccc2)c2ccccc2-c2ccccc21. The molecule has 1 aliphatic rings. The summed E-state index contributed by atoms with van der Waals surface area (Å²) in [6.07, 6.45) is 0. The van der Waals surface area contributed by atoms with Crippen molar-refractivity contribution in [3.8, 4) is 11.1 Å². The van der Waals surface area contributed by atoms with Gasteiger partial charge in [0, 0.05) is 0 Å². The number of fused-ring (bicyclic) bond motifs is 3. The molecule has 0 fully saturated rings. The van der Waals surface area contributed by atoms with Gasteiger partial charge in [-0.1, -0.05) is 0 Å². The summed E-state index contributed by atoms with van der Waals surface area (Å²) in [5, 5.41) is 11.7. The Morgan fingerprint density at radius 2 is 0.679 bits per heavy atom. The molecule has 0 saturated carbocycles. The van der Waals surface area contributed by atoms with E-state index in [0.29, 0.717) is 5.56 Å². The van der Waals surface area contributed by atoms with Gasteiger partial charge in [0.05, 0.1) is 0 Å². The van der Waals surface area contributed by atoms with Crippen LogP contribution in [0.15, 0.2) is 236 Å². The van der Waals surface area contributed by atoms with E-state index in [1.165, 1.54) is 15.9 Å². The molecule has 0 saturated heterocycles. The second-order valence-corrected chi connectivity index (χ2v) is 21.7. The first-order valence-electron chi connectivity index (χ1n) is 18.8. The topological polar surface area (TPSA) is 38.7 Å². The van der Waals surface area contributed by atoms with Crippen LogP contribution in [-0.2, 0) is 4.62 Å². The Hall–Kier alpha value is -6.37. The van der Waals surface area contributed by atoms with Crippen LogP contribution in [0, 0.1) is 0 Å². The zero-order valence-corrected chi connectivity index (χ0v) is 32.5. The third kappa shape index (κ3) is 5.63. The normalized spacial score (nSPS) is 13.8. The van der Waals surface area contributed by atoms with Crippen molar-refractivity contribution in [1.29, 1.82) is 0 Å². The molecule has 1 aliphatic carbocycles. The van der Waals surface area contributed by atoms with E-state index >= 15 is 0 Å². The Kier molecular flexibility index (Phi) is 9.28. The molecule has 8 aromatic rings. The fourth-order valence-electron chi connectivity index (χ4n) is 8.26. The molecule has 0 amide bonds. The average Bonchev–Trinajstić information content (AvgIpc) is 3.29. The Labute approximate surface area is 328 Å². The third-order valence-corrected chi connectivity index (χ3v) is 21.7. The number of oxime groups is 1. The molecule has 0 aromatic heterocycles. The van der Waals surface area contributed by atoms with Crippen molar-refractivity contribution in [3.05, 3.63) is 242 Å². The first kappa shape index (κ1) is 35.3. The van der Waals surface area contributed by atoms with Crippen molar-refractivity contribution in [2.24, 2.45) is 5.16 Å². The van der Waals surface area contributed by atoms with Gasteiger partial charge in [-0.3, -0.25) is 0 Å². The summed E-state index contributed by atoms with van der Waals surface area (Å²) in [5.41, 5.74) is 6.07. The van der Waals surface area contributed by atoms with E-state index in [1.807, 2.05) is 60.7 Å². The zero-order chi connectivity index (χ0) is 37.9. The van der Waals surface area contributed by atoms with Gasteiger partial charge >= 0.3 is 330 Å². The van der Waals surface area contributed by atoms with Gasteiger partial charge < -0.3 is 0 Å². The van der Waals surface area contributed by atoms with Crippen LogP contribution < -0.4 is 31.8 Å². The number of hydrogen-bond donors (Lipinski definition) is 0. The van der Waals surface area contributed by atoms with Crippen LogP contribution in [-0.4, -0.2) is 17.0 Å². The van der Waals surface area contributed by atoms with Crippen LogP contribution in [0.2, 0.25) is 0 Å². The monoisotopic (exact) mass is 759 g/mol. The number of carbonyl (C=O) groups is 1. The van der Waals surface area contributed by atoms with Crippen LogP contribution in [0.4, 0.5) is 0 Å². The van der Waals surface area contributed by atoms with E-state index < -0.39 is 13.7 Å². The quantitative estimate of drug-likeness (QED) is 0.109. The van der Waals surface area contributed by atoms with Crippen molar-refractivity contribution in [2.45, 2.75) is 0 Å². The summed E-state index contributed by atoms with van der Waals surface area (Å²) in [5.74, 6) is -0.166. The van der Waals surface area contributed by atoms with E-state index in [4.69, 9.17) is 9.78 Å². The van der Waals surface area contributed by atoms with E-state index in [9.17, 15) is 4.79 Å². The molecule has 270 valence electrons. The number of carbonyl (C=O) groups excluding carboxylic acids is 1. The van der Waals surface area contributed by atoms with Gasteiger partial charge in [0.25, 0.3) is 0 Å². The molecule has 0 bridgehead atoms. The van der Waals surface area contributed by atoms with E-state index in [-0.39, 0.29) is 11.5 Å². The number of rotatable bonds is 9. The van der Waals surface area contributed by atoms with Crippen LogP contribution >= 0.6 is 13.7 Å². The van der Waals surface area contributed by atoms with Crippen molar-refractivity contribution < 1.29 is 9.42 Å². The van der Waals surface area contributed by atoms with Crippen molar-refractivity contribution in [1.82, 2.24) is 0 Å². The summed E-state index contributed by atoms with van der Waals surface area (Å²) in [4.78, 5) is 14.8. The van der Waals surface area contributed by atoms with Crippen LogP contribution in [0.25, 0.3) is 11.1 Å². The maximum absolute atomic E-state index is 14.8. The molecule has 3 nitrogen and oxygen atoms in total. The fraction of sp³-hybridized carbons (Fsp3) is 0. The van der Waals surface area contributed by atoms with Gasteiger partial charge in [-0.15, -0.1) is 0 Å². The molecule has 0 radical (unpaired) electrons. The van der Waals surface area contributed by atoms with Gasteiger partial charge in [-0.05, 0) is 0 Å². The molecule has 0 unspecified atom stereocenters. The molecule has 0 N–H and O–H groups in total. The average molecular weight is 760 g/mol. The number of nitrogens with zero attached hydrogens (tertiary/aromatic N) is 1. The van der Waals surface area contributed by atoms with Gasteiger partial charge in [0.2, 0.25) is 0 Å². The molecule has 0 spiro atoms. The zero-order valence-electron chi connectivity index (χ0n) is 30.7. The Morgan fingerprint density at radius 1 is 0.375 bits per heavy atom. The Bertz CT molecular complexity index is 2530. The summed E-state index contributed by atoms with van der Waals surface area (Å²) in [7, 11) is 0. The number of ketones is 1. The maximum atomic E-state index is 14.8. The van der Waals surface area contributed by atoms with Crippen molar-refractivity contribution in [2.75, 3.05) is 0 Å². The molecular formula is C51H39NO2P2. The Morgan fingerprint density at radius 3 is 1.07 bits per heavy atom. The molecule has 8 aromatic carbocycles. The molecule has 56 heavy (non-hydrogen) atoms. The van der Waals surface area contributed by atoms with Crippen LogP contribution in [0.5, 0.6) is 0 Å². The molecule has 0 aliphatic heterocycles. The van der Waals surface area contributed by atoms with Gasteiger partial charge in [-0.2, -0.15) is 0 Å². The van der Waals surface area contributed by atoms with Crippen LogP contribution in [0.1, 0.15) is 15.9 Å². The van der Waals surface area contributed by atoms with Crippen molar-refractivity contribution >= 4 is 62.6 Å². The second kappa shape index (κ2) is 14.7. The predicted molar refractivity (Wildman–Crippen MR) is 240 cm³/mol. The predicted octanol–water partition coefficient (Wildman–Crippen LogP) is 9.47. The van der Waals surface area contributed by atoms with Crippen molar-refractivity contribution in [3.63, 3.8) is 0 Å². The van der Waals surface area contributed by atoms with E-state index in [2.05, 4.69) is 175 Å². The van der Waals surface area contributed by atoms with Gasteiger partial charge in [0.1, 0.15) is 0 Å². The van der Waals surface area contributed by atoms with Gasteiger partial charge in [0.15, 0.2) is 0 Å². The number of hydrogen-bond acceptors (Lipinski definition) is 3. The minimum absolute atomic E-state index is 0.166. The Balaban J connectivity index is 1.52. The van der Waals surface area contributed by atoms with E-state index in [1.54, 1.807) is 0 Å². The summed E-state index contributed by atoms with van der Waals surface area (Å²) in [6.45, 7) is -7.24. The summed E-state index contributed by atoms with van der Waals surface area (Å²) >= 11 is 0. The summed E-state index contributed by atoms with van der Waals surface area (Å²) in [6, 6.07) is 80.0. The third-order valence-electron chi connectivity index (χ3n) is 10.9. The van der Waals surface area contributed by atoms with Crippen LogP contribution in [0.3, 0.4) is 0 Å². The molecular weight excluding hydrogens is 721 g/mol. The summed E-state index contributed by atoms with van der Waals surface area (Å²) < 4.78 is 7.85. The van der Waals surface area contributed by atoms with E-state index in [0.717, 1.165) is 32.6 Å². The molecule has 5 heteroatoms. The number of benzene rings is 8.